The maximum atomic E-state index is 8.86. The quantitative estimate of drug-likeness (QED) is 0.652. The summed E-state index contributed by atoms with van der Waals surface area (Å²) in [5.41, 5.74) is 1.60. The monoisotopic (exact) mass is 393 g/mol. The van der Waals surface area contributed by atoms with E-state index in [-0.39, 0.29) is 0 Å². The van der Waals surface area contributed by atoms with Gasteiger partial charge >= 0.3 is 0 Å². The van der Waals surface area contributed by atoms with E-state index in [0.29, 0.717) is 48.1 Å². The Morgan fingerprint density at radius 1 is 1.29 bits per heavy atom. The van der Waals surface area contributed by atoms with E-state index >= 15 is 0 Å². The van der Waals surface area contributed by atoms with Crippen molar-refractivity contribution in [2.45, 2.75) is 32.7 Å². The van der Waals surface area contributed by atoms with E-state index < -0.39 is 0 Å². The van der Waals surface area contributed by atoms with Crippen LogP contribution in [-0.4, -0.2) is 31.8 Å². The van der Waals surface area contributed by atoms with Crippen molar-refractivity contribution in [2.24, 2.45) is 5.92 Å². The third-order valence-corrected chi connectivity index (χ3v) is 5.30. The van der Waals surface area contributed by atoms with Crippen molar-refractivity contribution in [1.82, 2.24) is 25.1 Å². The highest BCUT2D eigenvalue weighted by Crippen LogP contribution is 2.46. The molecule has 2 atom stereocenters. The van der Waals surface area contributed by atoms with Crippen molar-refractivity contribution in [3.05, 3.63) is 51.5 Å². The molecule has 9 heteroatoms. The molecule has 3 heterocycles. The van der Waals surface area contributed by atoms with Crippen LogP contribution in [0.15, 0.2) is 24.4 Å². The fourth-order valence-electron chi connectivity index (χ4n) is 2.96. The van der Waals surface area contributed by atoms with E-state index in [1.165, 1.54) is 0 Å². The first-order valence-electron chi connectivity index (χ1n) is 8.98. The van der Waals surface area contributed by atoms with Gasteiger partial charge in [0, 0.05) is 29.8 Å². The number of aryl methyl sites for hydroxylation is 2. The van der Waals surface area contributed by atoms with E-state index in [1.54, 1.807) is 23.6 Å². The van der Waals surface area contributed by atoms with Crippen molar-refractivity contribution in [3.8, 4) is 11.9 Å². The SMILES string of the molecule is Cc1nc(NCc2nnc(C)s2)cc(OCC2CC2c2ccc(C#N)cn2)n1. The Bertz CT molecular complexity index is 1010. The number of rotatable bonds is 7. The fourth-order valence-corrected chi connectivity index (χ4v) is 3.61. The molecule has 142 valence electrons. The second-order valence-electron chi connectivity index (χ2n) is 6.70. The molecular formula is C19H19N7OS. The van der Waals surface area contributed by atoms with Crippen LogP contribution in [0.5, 0.6) is 5.88 Å². The lowest BCUT2D eigenvalue weighted by atomic mass is 10.2. The second kappa shape index (κ2) is 7.86. The lowest BCUT2D eigenvalue weighted by Crippen LogP contribution is -2.07. The Balaban J connectivity index is 1.32. The summed E-state index contributed by atoms with van der Waals surface area (Å²) in [7, 11) is 0. The largest absolute Gasteiger partial charge is 0.477 e. The van der Waals surface area contributed by atoms with Crippen molar-refractivity contribution < 1.29 is 4.74 Å². The van der Waals surface area contributed by atoms with Gasteiger partial charge in [-0.25, -0.2) is 4.98 Å². The third-order valence-electron chi connectivity index (χ3n) is 4.47. The van der Waals surface area contributed by atoms with Crippen LogP contribution in [-0.2, 0) is 6.54 Å². The molecule has 4 rings (SSSR count). The third kappa shape index (κ3) is 4.40. The molecule has 0 bridgehead atoms. The topological polar surface area (TPSA) is 110 Å². The molecule has 0 aliphatic heterocycles. The lowest BCUT2D eigenvalue weighted by Gasteiger charge is -2.09. The van der Waals surface area contributed by atoms with E-state index in [2.05, 4.69) is 36.5 Å². The minimum atomic E-state index is 0.383. The highest BCUT2D eigenvalue weighted by Gasteiger charge is 2.40. The maximum absolute atomic E-state index is 8.86. The number of aromatic nitrogens is 5. The van der Waals surface area contributed by atoms with Crippen molar-refractivity contribution in [1.29, 1.82) is 5.26 Å². The first-order chi connectivity index (χ1) is 13.6. The van der Waals surface area contributed by atoms with Crippen molar-refractivity contribution >= 4 is 17.2 Å². The zero-order valence-corrected chi connectivity index (χ0v) is 16.4. The van der Waals surface area contributed by atoms with Gasteiger partial charge in [-0.2, -0.15) is 10.2 Å². The van der Waals surface area contributed by atoms with Crippen LogP contribution in [0.4, 0.5) is 5.82 Å². The average Bonchev–Trinajstić information content (AvgIpc) is 3.36. The molecule has 1 aliphatic rings. The van der Waals surface area contributed by atoms with Crippen molar-refractivity contribution in [3.63, 3.8) is 0 Å². The van der Waals surface area contributed by atoms with Gasteiger partial charge in [0.15, 0.2) is 0 Å². The summed E-state index contributed by atoms with van der Waals surface area (Å²) in [4.78, 5) is 13.1. The molecule has 1 N–H and O–H groups in total. The molecule has 0 radical (unpaired) electrons. The molecule has 3 aromatic heterocycles. The number of hydrogen-bond acceptors (Lipinski definition) is 9. The zero-order chi connectivity index (χ0) is 19.5. The Kier molecular flexibility index (Phi) is 5.12. The van der Waals surface area contributed by atoms with E-state index in [1.807, 2.05) is 26.0 Å². The van der Waals surface area contributed by atoms with Gasteiger partial charge in [-0.3, -0.25) is 4.98 Å². The standard InChI is InChI=1S/C19H19N7OS/c1-11-23-17(22-9-19-26-25-12(2)28-19)6-18(24-11)27-10-14-5-15(14)16-4-3-13(7-20)8-21-16/h3-4,6,8,14-15H,5,9-10H2,1-2H3,(H,22,23,24). The van der Waals surface area contributed by atoms with Crippen LogP contribution in [0.25, 0.3) is 0 Å². The van der Waals surface area contributed by atoms with Crippen molar-refractivity contribution in [2.75, 3.05) is 11.9 Å². The van der Waals surface area contributed by atoms with Gasteiger partial charge < -0.3 is 10.1 Å². The highest BCUT2D eigenvalue weighted by atomic mass is 32.1. The van der Waals surface area contributed by atoms with Crippen LogP contribution in [0.2, 0.25) is 0 Å². The van der Waals surface area contributed by atoms with Crippen LogP contribution in [0.3, 0.4) is 0 Å². The number of nitrogens with zero attached hydrogens (tertiary/aromatic N) is 6. The van der Waals surface area contributed by atoms with Gasteiger partial charge in [0.05, 0.1) is 18.7 Å². The predicted octanol–water partition coefficient (Wildman–Crippen LogP) is 3.01. The first-order valence-corrected chi connectivity index (χ1v) is 9.80. The minimum Gasteiger partial charge on any atom is -0.477 e. The van der Waals surface area contributed by atoms with E-state index in [4.69, 9.17) is 10.00 Å². The fraction of sp³-hybridized carbons (Fsp3) is 0.368. The Hall–Kier alpha value is -3.12. The van der Waals surface area contributed by atoms with Crippen LogP contribution in [0, 0.1) is 31.1 Å². The summed E-state index contributed by atoms with van der Waals surface area (Å²) in [6.45, 7) is 4.92. The number of nitriles is 1. The average molecular weight is 393 g/mol. The van der Waals surface area contributed by atoms with Gasteiger partial charge in [0.1, 0.15) is 27.7 Å². The lowest BCUT2D eigenvalue weighted by molar-refractivity contribution is 0.284. The normalized spacial score (nSPS) is 17.8. The van der Waals surface area contributed by atoms with Crippen LogP contribution < -0.4 is 10.1 Å². The summed E-state index contributed by atoms with van der Waals surface area (Å²) >= 11 is 1.56. The predicted molar refractivity (Wildman–Crippen MR) is 104 cm³/mol. The molecule has 0 aromatic carbocycles. The number of anilines is 1. The molecule has 28 heavy (non-hydrogen) atoms. The van der Waals surface area contributed by atoms with Gasteiger partial charge in [-0.15, -0.1) is 10.2 Å². The van der Waals surface area contributed by atoms with Gasteiger partial charge in [-0.05, 0) is 32.4 Å². The molecule has 1 fully saturated rings. The number of nitrogens with one attached hydrogen (secondary N) is 1. The molecule has 2 unspecified atom stereocenters. The Morgan fingerprint density at radius 2 is 2.18 bits per heavy atom. The number of hydrogen-bond donors (Lipinski definition) is 1. The minimum absolute atomic E-state index is 0.383. The Labute approximate surface area is 166 Å². The zero-order valence-electron chi connectivity index (χ0n) is 15.6. The summed E-state index contributed by atoms with van der Waals surface area (Å²) in [6.07, 6.45) is 2.65. The van der Waals surface area contributed by atoms with Gasteiger partial charge in [0.2, 0.25) is 5.88 Å². The number of pyridine rings is 1. The molecule has 8 nitrogen and oxygen atoms in total. The summed E-state index contributed by atoms with van der Waals surface area (Å²) in [5, 5.41) is 22.1. The smallest absolute Gasteiger partial charge is 0.218 e. The molecule has 3 aromatic rings. The maximum Gasteiger partial charge on any atom is 0.218 e. The Morgan fingerprint density at radius 3 is 2.89 bits per heavy atom. The molecular weight excluding hydrogens is 374 g/mol. The summed E-state index contributed by atoms with van der Waals surface area (Å²) in [5.74, 6) is 2.71. The highest BCUT2D eigenvalue weighted by molar-refractivity contribution is 7.11. The molecule has 0 saturated heterocycles. The van der Waals surface area contributed by atoms with Crippen LogP contribution in [0.1, 0.15) is 39.4 Å². The summed E-state index contributed by atoms with van der Waals surface area (Å²) in [6, 6.07) is 7.63. The molecule has 1 aliphatic carbocycles. The van der Waals surface area contributed by atoms with Crippen LogP contribution >= 0.6 is 11.3 Å². The van der Waals surface area contributed by atoms with E-state index in [9.17, 15) is 0 Å². The first kappa shape index (κ1) is 18.3. The number of ether oxygens (including phenoxy) is 1. The summed E-state index contributed by atoms with van der Waals surface area (Å²) < 4.78 is 5.91. The molecule has 0 spiro atoms. The molecule has 1 saturated carbocycles. The van der Waals surface area contributed by atoms with E-state index in [0.717, 1.165) is 22.1 Å². The second-order valence-corrected chi connectivity index (χ2v) is 7.97. The molecule has 0 amide bonds. The van der Waals surface area contributed by atoms with Gasteiger partial charge in [-0.1, -0.05) is 11.3 Å². The van der Waals surface area contributed by atoms with Gasteiger partial charge in [0.25, 0.3) is 0 Å².